The van der Waals surface area contributed by atoms with Crippen molar-refractivity contribution in [3.63, 3.8) is 0 Å². The van der Waals surface area contributed by atoms with E-state index in [1.165, 1.54) is 0 Å². The highest BCUT2D eigenvalue weighted by molar-refractivity contribution is 5.66. The van der Waals surface area contributed by atoms with E-state index in [1.807, 2.05) is 0 Å². The van der Waals surface area contributed by atoms with Crippen LogP contribution < -0.4 is 0 Å². The molecule has 0 bridgehead atoms. The molecule has 0 aromatic heterocycles. The molecule has 0 amide bonds. The lowest BCUT2D eigenvalue weighted by Crippen LogP contribution is -2.37. The Morgan fingerprint density at radius 1 is 0.880 bits per heavy atom. The molecular weight excluding hydrogens is 329 g/mol. The minimum absolute atomic E-state index is 0.324. The van der Waals surface area contributed by atoms with E-state index in [2.05, 4.69) is 6.08 Å². The molecule has 1 heterocycles. The van der Waals surface area contributed by atoms with Crippen LogP contribution in [0, 0.1) is 29.3 Å². The maximum Gasteiger partial charge on any atom is 0.194 e. The summed E-state index contributed by atoms with van der Waals surface area (Å²) in [6, 6.07) is 2.20. The van der Waals surface area contributed by atoms with Gasteiger partial charge in [-0.3, -0.25) is 0 Å². The third-order valence-electron chi connectivity index (χ3n) is 6.08. The van der Waals surface area contributed by atoms with Crippen molar-refractivity contribution in [3.8, 4) is 0 Å². The van der Waals surface area contributed by atoms with Crippen molar-refractivity contribution in [3.05, 3.63) is 41.2 Å². The molecule has 1 unspecified atom stereocenters. The van der Waals surface area contributed by atoms with Crippen LogP contribution in [0.1, 0.15) is 50.5 Å². The minimum atomic E-state index is -1.40. The van der Waals surface area contributed by atoms with Crippen molar-refractivity contribution in [2.75, 3.05) is 13.2 Å². The summed E-state index contributed by atoms with van der Waals surface area (Å²) in [4.78, 5) is 0. The van der Waals surface area contributed by atoms with Gasteiger partial charge in [-0.15, -0.1) is 0 Å². The van der Waals surface area contributed by atoms with Gasteiger partial charge in [0, 0.05) is 12.8 Å². The van der Waals surface area contributed by atoms with Crippen LogP contribution >= 0.6 is 0 Å². The molecule has 0 N–H and O–H groups in total. The summed E-state index contributed by atoms with van der Waals surface area (Å²) in [6.07, 6.45) is 8.90. The lowest BCUT2D eigenvalue weighted by atomic mass is 9.72. The molecule has 1 aliphatic heterocycles. The van der Waals surface area contributed by atoms with Crippen LogP contribution in [0.5, 0.6) is 0 Å². The molecule has 3 aliphatic rings. The Hall–Kier alpha value is -1.33. The van der Waals surface area contributed by atoms with E-state index in [9.17, 15) is 13.2 Å². The molecule has 1 aromatic rings. The topological polar surface area (TPSA) is 18.5 Å². The van der Waals surface area contributed by atoms with Crippen LogP contribution in [0.2, 0.25) is 0 Å². The van der Waals surface area contributed by atoms with Gasteiger partial charge in [0.1, 0.15) is 0 Å². The Bertz CT molecular complexity index is 647. The second kappa shape index (κ2) is 6.76. The van der Waals surface area contributed by atoms with Crippen LogP contribution in [0.3, 0.4) is 0 Å². The molecular formula is C20H23F3O2. The third kappa shape index (κ3) is 3.36. The molecule has 1 saturated heterocycles. The normalized spacial score (nSPS) is 26.8. The van der Waals surface area contributed by atoms with E-state index < -0.39 is 17.5 Å². The fourth-order valence-corrected chi connectivity index (χ4v) is 4.62. The summed E-state index contributed by atoms with van der Waals surface area (Å²) >= 11 is 0. The number of allylic oxidation sites excluding steroid dienone is 2. The summed E-state index contributed by atoms with van der Waals surface area (Å²) in [7, 11) is 0. The number of ether oxygens (including phenoxy) is 2. The molecule has 1 atom stereocenters. The Morgan fingerprint density at radius 3 is 2.08 bits per heavy atom. The Morgan fingerprint density at radius 2 is 1.52 bits per heavy atom. The summed E-state index contributed by atoms with van der Waals surface area (Å²) in [6.45, 7) is 1.40. The van der Waals surface area contributed by atoms with E-state index >= 15 is 0 Å². The Kier molecular flexibility index (Phi) is 4.63. The predicted molar refractivity (Wildman–Crippen MR) is 88.2 cm³/mol. The van der Waals surface area contributed by atoms with Gasteiger partial charge < -0.3 is 9.47 Å². The molecule has 136 valence electrons. The number of hydrogen-bond acceptors (Lipinski definition) is 2. The maximum absolute atomic E-state index is 13.4. The molecule has 0 radical (unpaired) electrons. The molecule has 2 fully saturated rings. The summed E-state index contributed by atoms with van der Waals surface area (Å²) in [5.41, 5.74) is 1.38. The van der Waals surface area contributed by atoms with E-state index in [0.29, 0.717) is 30.6 Å². The van der Waals surface area contributed by atoms with Crippen LogP contribution in [0.25, 0.3) is 5.57 Å². The Labute approximate surface area is 146 Å². The van der Waals surface area contributed by atoms with Gasteiger partial charge in [-0.05, 0) is 67.2 Å². The van der Waals surface area contributed by atoms with Crippen molar-refractivity contribution >= 4 is 5.57 Å². The van der Waals surface area contributed by atoms with Crippen molar-refractivity contribution in [1.82, 2.24) is 0 Å². The molecule has 1 aromatic carbocycles. The van der Waals surface area contributed by atoms with Crippen LogP contribution in [-0.4, -0.2) is 19.0 Å². The van der Waals surface area contributed by atoms with Crippen molar-refractivity contribution in [2.24, 2.45) is 11.8 Å². The molecule has 25 heavy (non-hydrogen) atoms. The first-order chi connectivity index (χ1) is 12.1. The highest BCUT2D eigenvalue weighted by Gasteiger charge is 2.41. The zero-order valence-electron chi connectivity index (χ0n) is 14.2. The molecule has 1 spiro atoms. The lowest BCUT2D eigenvalue weighted by Gasteiger charge is -2.39. The van der Waals surface area contributed by atoms with Gasteiger partial charge in [-0.1, -0.05) is 6.08 Å². The van der Waals surface area contributed by atoms with Gasteiger partial charge in [0.15, 0.2) is 23.2 Å². The average Bonchev–Trinajstić information content (AvgIpc) is 3.08. The number of benzene rings is 1. The quantitative estimate of drug-likeness (QED) is 0.679. The fourth-order valence-electron chi connectivity index (χ4n) is 4.62. The van der Waals surface area contributed by atoms with Gasteiger partial charge >= 0.3 is 0 Å². The second-order valence-electron chi connectivity index (χ2n) is 7.46. The molecule has 5 heteroatoms. The molecule has 1 saturated carbocycles. The molecule has 4 rings (SSSR count). The standard InChI is InChI=1S/C20H23F3O2/c21-17-11-16(12-18(22)19(17)23)14-3-1-13(2-4-14)15-5-7-20(8-6-15)24-9-10-25-20/h3,11-13,15H,1-2,4-10H2. The van der Waals surface area contributed by atoms with Crippen molar-refractivity contribution in [2.45, 2.75) is 50.7 Å². The lowest BCUT2D eigenvalue weighted by molar-refractivity contribution is -0.184. The zero-order chi connectivity index (χ0) is 17.4. The van der Waals surface area contributed by atoms with Crippen LogP contribution in [-0.2, 0) is 9.47 Å². The largest absolute Gasteiger partial charge is 0.348 e. The SMILES string of the molecule is Fc1cc(C2=CCC(C3CCC4(CC3)OCCO4)CC2)cc(F)c1F. The summed E-state index contributed by atoms with van der Waals surface area (Å²) < 4.78 is 51.6. The van der Waals surface area contributed by atoms with Gasteiger partial charge in [0.05, 0.1) is 13.2 Å². The van der Waals surface area contributed by atoms with E-state index in [-0.39, 0.29) is 5.79 Å². The van der Waals surface area contributed by atoms with E-state index in [4.69, 9.17) is 9.47 Å². The van der Waals surface area contributed by atoms with Crippen LogP contribution in [0.15, 0.2) is 18.2 Å². The number of halogens is 3. The Balaban J connectivity index is 1.39. The number of hydrogen-bond donors (Lipinski definition) is 0. The fraction of sp³-hybridized carbons (Fsp3) is 0.600. The molecule has 2 aliphatic carbocycles. The first kappa shape index (κ1) is 17.1. The van der Waals surface area contributed by atoms with Crippen molar-refractivity contribution in [1.29, 1.82) is 0 Å². The first-order valence-electron chi connectivity index (χ1n) is 9.18. The first-order valence-corrected chi connectivity index (χ1v) is 9.18. The predicted octanol–water partition coefficient (Wildman–Crippen LogP) is 5.22. The zero-order valence-corrected chi connectivity index (χ0v) is 14.2. The third-order valence-corrected chi connectivity index (χ3v) is 6.08. The number of rotatable bonds is 2. The second-order valence-corrected chi connectivity index (χ2v) is 7.46. The van der Waals surface area contributed by atoms with Gasteiger partial charge in [0.2, 0.25) is 0 Å². The highest BCUT2D eigenvalue weighted by Crippen LogP contribution is 2.45. The van der Waals surface area contributed by atoms with Crippen LogP contribution in [0.4, 0.5) is 13.2 Å². The summed E-state index contributed by atoms with van der Waals surface area (Å²) in [5, 5.41) is 0. The molecule has 2 nitrogen and oxygen atoms in total. The van der Waals surface area contributed by atoms with Gasteiger partial charge in [-0.25, -0.2) is 13.2 Å². The smallest absolute Gasteiger partial charge is 0.194 e. The van der Waals surface area contributed by atoms with Gasteiger partial charge in [-0.2, -0.15) is 0 Å². The highest BCUT2D eigenvalue weighted by atomic mass is 19.2. The van der Waals surface area contributed by atoms with Gasteiger partial charge in [0.25, 0.3) is 0 Å². The van der Waals surface area contributed by atoms with E-state index in [0.717, 1.165) is 62.7 Å². The summed E-state index contributed by atoms with van der Waals surface area (Å²) in [5.74, 6) is -2.71. The van der Waals surface area contributed by atoms with Crippen molar-refractivity contribution < 1.29 is 22.6 Å². The monoisotopic (exact) mass is 352 g/mol. The van der Waals surface area contributed by atoms with E-state index in [1.54, 1.807) is 0 Å². The minimum Gasteiger partial charge on any atom is -0.348 e. The maximum atomic E-state index is 13.4. The average molecular weight is 352 g/mol.